The third kappa shape index (κ3) is 4.46. The highest BCUT2D eigenvalue weighted by Crippen LogP contribution is 2.30. The minimum atomic E-state index is -0.177. The van der Waals surface area contributed by atoms with Gasteiger partial charge in [-0.25, -0.2) is 4.98 Å². The Balaban J connectivity index is 1.46. The van der Waals surface area contributed by atoms with Crippen molar-refractivity contribution in [2.45, 2.75) is 38.9 Å². The van der Waals surface area contributed by atoms with Crippen LogP contribution in [-0.4, -0.2) is 37.9 Å². The monoisotopic (exact) mass is 391 g/mol. The summed E-state index contributed by atoms with van der Waals surface area (Å²) in [5, 5.41) is 3.06. The number of ether oxygens (including phenoxy) is 1. The Hall–Kier alpha value is -3.19. The number of carbonyl (C=O) groups is 1. The van der Waals surface area contributed by atoms with Crippen molar-refractivity contribution in [1.29, 1.82) is 0 Å². The fourth-order valence-corrected chi connectivity index (χ4v) is 3.68. The van der Waals surface area contributed by atoms with Crippen molar-refractivity contribution in [3.63, 3.8) is 0 Å². The van der Waals surface area contributed by atoms with E-state index in [1.54, 1.807) is 12.4 Å². The molecule has 3 heterocycles. The molecule has 7 heteroatoms. The molecule has 2 aromatic heterocycles. The number of hydrogen-bond donors (Lipinski definition) is 1. The first-order valence-corrected chi connectivity index (χ1v) is 9.96. The quantitative estimate of drug-likeness (QED) is 0.665. The van der Waals surface area contributed by atoms with Crippen LogP contribution in [0.5, 0.6) is 11.5 Å². The van der Waals surface area contributed by atoms with E-state index in [1.807, 2.05) is 48.8 Å². The summed E-state index contributed by atoms with van der Waals surface area (Å²) in [7, 11) is 0. The Morgan fingerprint density at radius 1 is 1.24 bits per heavy atom. The number of pyridine rings is 1. The highest BCUT2D eigenvalue weighted by atomic mass is 16.5. The molecule has 0 radical (unpaired) electrons. The van der Waals surface area contributed by atoms with E-state index in [0.29, 0.717) is 23.7 Å². The number of rotatable bonds is 7. The van der Waals surface area contributed by atoms with Crippen LogP contribution in [0.25, 0.3) is 0 Å². The van der Waals surface area contributed by atoms with E-state index < -0.39 is 0 Å². The molecule has 1 aromatic carbocycles. The maximum Gasteiger partial charge on any atom is 0.241 e. The van der Waals surface area contributed by atoms with Crippen LogP contribution >= 0.6 is 0 Å². The molecule has 29 heavy (non-hydrogen) atoms. The van der Waals surface area contributed by atoms with Gasteiger partial charge in [-0.15, -0.1) is 0 Å². The number of likely N-dealkylation sites (tertiary alicyclic amines) is 1. The van der Waals surface area contributed by atoms with Gasteiger partial charge in [-0.05, 0) is 50.6 Å². The molecule has 0 aliphatic carbocycles. The fraction of sp³-hybridized carbons (Fsp3) is 0.318. The molecular formula is C22H25N5O2. The number of aromatic nitrogens is 3. The maximum atomic E-state index is 13.1. The van der Waals surface area contributed by atoms with Crippen molar-refractivity contribution in [2.75, 3.05) is 11.9 Å². The molecule has 1 fully saturated rings. The predicted molar refractivity (Wildman–Crippen MR) is 111 cm³/mol. The Kier molecular flexibility index (Phi) is 5.86. The lowest BCUT2D eigenvalue weighted by atomic mass is 10.2. The van der Waals surface area contributed by atoms with Crippen LogP contribution < -0.4 is 10.1 Å². The van der Waals surface area contributed by atoms with Crippen LogP contribution in [0.3, 0.4) is 0 Å². The Bertz CT molecular complexity index is 957. The minimum absolute atomic E-state index is 0.0145. The molecular weight excluding hydrogens is 366 g/mol. The Morgan fingerprint density at radius 3 is 2.97 bits per heavy atom. The number of para-hydroxylation sites is 2. The molecule has 1 unspecified atom stereocenters. The molecule has 150 valence electrons. The molecule has 0 saturated carbocycles. The molecule has 7 nitrogen and oxygen atoms in total. The van der Waals surface area contributed by atoms with E-state index in [4.69, 9.17) is 4.74 Å². The van der Waals surface area contributed by atoms with E-state index in [0.717, 1.165) is 31.8 Å². The van der Waals surface area contributed by atoms with Crippen LogP contribution in [0.2, 0.25) is 0 Å². The van der Waals surface area contributed by atoms with E-state index in [2.05, 4.69) is 31.7 Å². The summed E-state index contributed by atoms with van der Waals surface area (Å²) in [6, 6.07) is 10.9. The second-order valence-corrected chi connectivity index (χ2v) is 7.03. The molecule has 1 amide bonds. The number of anilines is 1. The summed E-state index contributed by atoms with van der Waals surface area (Å²) in [4.78, 5) is 23.8. The minimum Gasteiger partial charge on any atom is -0.454 e. The summed E-state index contributed by atoms with van der Waals surface area (Å²) < 4.78 is 8.03. The highest BCUT2D eigenvalue weighted by Gasteiger charge is 2.31. The van der Waals surface area contributed by atoms with Crippen LogP contribution in [0, 0.1) is 0 Å². The van der Waals surface area contributed by atoms with Gasteiger partial charge in [0.25, 0.3) is 0 Å². The Labute approximate surface area is 170 Å². The predicted octanol–water partition coefficient (Wildman–Crippen LogP) is 3.69. The topological polar surface area (TPSA) is 72.3 Å². The Morgan fingerprint density at radius 2 is 2.14 bits per heavy atom. The summed E-state index contributed by atoms with van der Waals surface area (Å²) in [5.41, 5.74) is 0.656. The van der Waals surface area contributed by atoms with Crippen molar-refractivity contribution in [3.05, 3.63) is 67.0 Å². The first kappa shape index (κ1) is 19.1. The van der Waals surface area contributed by atoms with Crippen LogP contribution in [-0.2, 0) is 17.9 Å². The summed E-state index contributed by atoms with van der Waals surface area (Å²) in [6.45, 7) is 4.53. The lowest BCUT2D eigenvalue weighted by Crippen LogP contribution is -2.39. The zero-order chi connectivity index (χ0) is 20.1. The van der Waals surface area contributed by atoms with Crippen molar-refractivity contribution in [1.82, 2.24) is 19.4 Å². The smallest absolute Gasteiger partial charge is 0.241 e. The van der Waals surface area contributed by atoms with Gasteiger partial charge < -0.3 is 14.6 Å². The zero-order valence-electron chi connectivity index (χ0n) is 16.5. The van der Waals surface area contributed by atoms with Gasteiger partial charge >= 0.3 is 0 Å². The van der Waals surface area contributed by atoms with E-state index in [9.17, 15) is 4.79 Å². The summed E-state index contributed by atoms with van der Waals surface area (Å²) in [5.74, 6) is 2.20. The van der Waals surface area contributed by atoms with E-state index >= 15 is 0 Å². The lowest BCUT2D eigenvalue weighted by Gasteiger charge is -2.24. The molecule has 0 spiro atoms. The van der Waals surface area contributed by atoms with E-state index in [1.165, 1.54) is 0 Å². The van der Waals surface area contributed by atoms with Gasteiger partial charge in [0.1, 0.15) is 11.6 Å². The molecule has 1 aliphatic heterocycles. The van der Waals surface area contributed by atoms with Crippen molar-refractivity contribution in [2.24, 2.45) is 0 Å². The number of hydrogen-bond acceptors (Lipinski definition) is 5. The first-order valence-electron chi connectivity index (χ1n) is 9.96. The lowest BCUT2D eigenvalue weighted by molar-refractivity contribution is -0.120. The number of aryl methyl sites for hydroxylation is 1. The second kappa shape index (κ2) is 8.87. The van der Waals surface area contributed by atoms with Gasteiger partial charge in [0.05, 0.1) is 24.5 Å². The fourth-order valence-electron chi connectivity index (χ4n) is 3.68. The standard InChI is InChI=1S/C22H25N5O2/c1-2-26-14-12-24-21(26)16-27-13-6-9-19(27)22(28)25-18-8-3-4-10-20(18)29-17-7-5-11-23-15-17/h3-5,7-8,10-12,14-15,19H,2,6,9,13,16H2,1H3,(H,25,28). The average molecular weight is 391 g/mol. The van der Waals surface area contributed by atoms with Gasteiger partial charge in [0.2, 0.25) is 5.91 Å². The number of benzene rings is 1. The number of imidazole rings is 1. The number of amides is 1. The number of nitrogens with zero attached hydrogens (tertiary/aromatic N) is 4. The van der Waals surface area contributed by atoms with Crippen LogP contribution in [0.4, 0.5) is 5.69 Å². The van der Waals surface area contributed by atoms with E-state index in [-0.39, 0.29) is 11.9 Å². The maximum absolute atomic E-state index is 13.1. The third-order valence-electron chi connectivity index (χ3n) is 5.16. The van der Waals surface area contributed by atoms with Gasteiger partial charge in [-0.3, -0.25) is 14.7 Å². The van der Waals surface area contributed by atoms with Gasteiger partial charge in [-0.2, -0.15) is 0 Å². The number of carbonyl (C=O) groups excluding carboxylic acids is 1. The molecule has 1 aliphatic rings. The molecule has 1 saturated heterocycles. The van der Waals surface area contributed by atoms with Crippen molar-refractivity contribution in [3.8, 4) is 11.5 Å². The average Bonchev–Trinajstić information content (AvgIpc) is 3.40. The van der Waals surface area contributed by atoms with Crippen LogP contribution in [0.1, 0.15) is 25.6 Å². The molecule has 1 atom stereocenters. The van der Waals surface area contributed by atoms with Gasteiger partial charge in [0, 0.05) is 25.1 Å². The third-order valence-corrected chi connectivity index (χ3v) is 5.16. The number of nitrogens with one attached hydrogen (secondary N) is 1. The SMILES string of the molecule is CCn1ccnc1CN1CCCC1C(=O)Nc1ccccc1Oc1cccnc1. The van der Waals surface area contributed by atoms with Crippen molar-refractivity contribution >= 4 is 11.6 Å². The molecule has 1 N–H and O–H groups in total. The van der Waals surface area contributed by atoms with Crippen LogP contribution in [0.15, 0.2) is 61.2 Å². The molecule has 3 aromatic rings. The van der Waals surface area contributed by atoms with Crippen molar-refractivity contribution < 1.29 is 9.53 Å². The first-order chi connectivity index (χ1) is 14.2. The van der Waals surface area contributed by atoms with Gasteiger partial charge in [0.15, 0.2) is 5.75 Å². The molecule has 4 rings (SSSR count). The second-order valence-electron chi connectivity index (χ2n) is 7.03. The molecule has 0 bridgehead atoms. The summed E-state index contributed by atoms with van der Waals surface area (Å²) in [6.07, 6.45) is 8.97. The highest BCUT2D eigenvalue weighted by molar-refractivity contribution is 5.96. The summed E-state index contributed by atoms with van der Waals surface area (Å²) >= 11 is 0. The van der Waals surface area contributed by atoms with Gasteiger partial charge in [-0.1, -0.05) is 12.1 Å². The normalized spacial score (nSPS) is 16.7. The zero-order valence-corrected chi connectivity index (χ0v) is 16.5. The largest absolute Gasteiger partial charge is 0.454 e.